The van der Waals surface area contributed by atoms with Gasteiger partial charge in [0.15, 0.2) is 0 Å². The average Bonchev–Trinajstić information content (AvgIpc) is 2.19. The molecule has 0 bridgehead atoms. The summed E-state index contributed by atoms with van der Waals surface area (Å²) in [6.45, 7) is 1.84. The zero-order valence-electron chi connectivity index (χ0n) is 7.66. The third-order valence-corrected chi connectivity index (χ3v) is 1.89. The molecule has 0 aliphatic rings. The summed E-state index contributed by atoms with van der Waals surface area (Å²) < 4.78 is 13.4. The second kappa shape index (κ2) is 3.54. The van der Waals surface area contributed by atoms with E-state index < -0.39 is 0 Å². The predicted octanol–water partition coefficient (Wildman–Crippen LogP) is 2.39. The molecule has 1 aromatic carbocycles. The van der Waals surface area contributed by atoms with Gasteiger partial charge in [0.05, 0.1) is 0 Å². The molecule has 0 atom stereocenters. The zero-order valence-corrected chi connectivity index (χ0v) is 7.66. The molecule has 0 N–H and O–H groups in total. The summed E-state index contributed by atoms with van der Waals surface area (Å²) in [5.41, 5.74) is 1.75. The molecule has 0 saturated heterocycles. The molecular weight excluding hydrogens is 179 g/mol. The number of hydrogen-bond acceptors (Lipinski definition) is 2. The van der Waals surface area contributed by atoms with Gasteiger partial charge in [0.25, 0.3) is 0 Å². The number of rotatable bonds is 1. The van der Waals surface area contributed by atoms with Crippen molar-refractivity contribution in [2.45, 2.75) is 6.92 Å². The Labute approximate surface area is 81.5 Å². The van der Waals surface area contributed by atoms with Crippen LogP contribution in [0.1, 0.15) is 5.56 Å². The quantitative estimate of drug-likeness (QED) is 0.685. The van der Waals surface area contributed by atoms with Crippen LogP contribution in [-0.4, -0.2) is 9.97 Å². The van der Waals surface area contributed by atoms with Crippen LogP contribution in [-0.2, 0) is 0 Å². The first-order valence-electron chi connectivity index (χ1n) is 4.22. The number of aromatic nitrogens is 2. The van der Waals surface area contributed by atoms with Gasteiger partial charge in [0, 0.05) is 18.0 Å². The first-order valence-corrected chi connectivity index (χ1v) is 4.22. The van der Waals surface area contributed by atoms with Gasteiger partial charge in [-0.15, -0.1) is 0 Å². The van der Waals surface area contributed by atoms with Crippen LogP contribution < -0.4 is 0 Å². The standard InChI is InChI=1S/C11H8FN2/c1-8-2-3-9(10(12)6-8)11-7-13-4-5-14-11/h2-6H,1H3. The molecule has 0 aliphatic heterocycles. The van der Waals surface area contributed by atoms with Crippen LogP contribution in [0.25, 0.3) is 11.3 Å². The van der Waals surface area contributed by atoms with E-state index in [1.54, 1.807) is 6.07 Å². The third kappa shape index (κ3) is 1.62. The van der Waals surface area contributed by atoms with Crippen molar-refractivity contribution in [2.24, 2.45) is 0 Å². The number of nitrogens with zero attached hydrogens (tertiary/aromatic N) is 2. The molecule has 1 aromatic heterocycles. The van der Waals surface area contributed by atoms with E-state index in [4.69, 9.17) is 0 Å². The molecule has 3 heteroatoms. The summed E-state index contributed by atoms with van der Waals surface area (Å²) in [5.74, 6) is -0.290. The van der Waals surface area contributed by atoms with Crippen molar-refractivity contribution >= 4 is 0 Å². The maximum Gasteiger partial charge on any atom is 0.132 e. The Kier molecular flexibility index (Phi) is 2.23. The van der Waals surface area contributed by atoms with Crippen molar-refractivity contribution in [1.82, 2.24) is 9.97 Å². The highest BCUT2D eigenvalue weighted by molar-refractivity contribution is 5.58. The van der Waals surface area contributed by atoms with E-state index >= 15 is 0 Å². The van der Waals surface area contributed by atoms with E-state index in [1.807, 2.05) is 13.0 Å². The van der Waals surface area contributed by atoms with E-state index in [-0.39, 0.29) is 5.82 Å². The summed E-state index contributed by atoms with van der Waals surface area (Å²) in [4.78, 5) is 7.75. The average molecular weight is 187 g/mol. The minimum atomic E-state index is -0.290. The highest BCUT2D eigenvalue weighted by Crippen LogP contribution is 2.19. The lowest BCUT2D eigenvalue weighted by Gasteiger charge is -2.01. The van der Waals surface area contributed by atoms with Gasteiger partial charge in [0.1, 0.15) is 17.7 Å². The Hall–Kier alpha value is -1.77. The fraction of sp³-hybridized carbons (Fsp3) is 0.0909. The first-order chi connectivity index (χ1) is 6.77. The lowest BCUT2D eigenvalue weighted by Crippen LogP contribution is -1.89. The molecule has 1 radical (unpaired) electrons. The van der Waals surface area contributed by atoms with Gasteiger partial charge in [-0.25, -0.2) is 4.39 Å². The summed E-state index contributed by atoms with van der Waals surface area (Å²) in [5, 5.41) is 0. The predicted molar refractivity (Wildman–Crippen MR) is 51.0 cm³/mol. The normalized spacial score (nSPS) is 10.1. The monoisotopic (exact) mass is 187 g/mol. The van der Waals surface area contributed by atoms with Gasteiger partial charge < -0.3 is 0 Å². The second-order valence-corrected chi connectivity index (χ2v) is 3.00. The molecule has 0 spiro atoms. The van der Waals surface area contributed by atoms with Gasteiger partial charge in [0.2, 0.25) is 0 Å². The van der Waals surface area contributed by atoms with E-state index in [2.05, 4.69) is 16.2 Å². The Morgan fingerprint density at radius 1 is 1.29 bits per heavy atom. The Bertz CT molecular complexity index is 440. The molecule has 2 rings (SSSR count). The molecule has 2 nitrogen and oxygen atoms in total. The number of hydrogen-bond donors (Lipinski definition) is 0. The van der Waals surface area contributed by atoms with Crippen molar-refractivity contribution in [3.63, 3.8) is 0 Å². The van der Waals surface area contributed by atoms with Crippen molar-refractivity contribution in [3.05, 3.63) is 48.2 Å². The molecule has 14 heavy (non-hydrogen) atoms. The molecule has 0 fully saturated rings. The van der Waals surface area contributed by atoms with Gasteiger partial charge in [-0.3, -0.25) is 9.97 Å². The largest absolute Gasteiger partial charge is 0.252 e. The van der Waals surface area contributed by atoms with Crippen LogP contribution in [0, 0.1) is 18.9 Å². The van der Waals surface area contributed by atoms with Gasteiger partial charge in [-0.1, -0.05) is 6.07 Å². The minimum absolute atomic E-state index is 0.290. The number of aryl methyl sites for hydroxylation is 1. The van der Waals surface area contributed by atoms with Crippen molar-refractivity contribution < 1.29 is 4.39 Å². The van der Waals surface area contributed by atoms with Crippen LogP contribution in [0.15, 0.2) is 30.6 Å². The zero-order chi connectivity index (χ0) is 9.97. The third-order valence-electron chi connectivity index (χ3n) is 1.89. The van der Waals surface area contributed by atoms with Crippen LogP contribution in [0.2, 0.25) is 0 Å². The van der Waals surface area contributed by atoms with E-state index in [0.29, 0.717) is 11.3 Å². The molecule has 0 aliphatic carbocycles. The van der Waals surface area contributed by atoms with Crippen LogP contribution in [0.3, 0.4) is 0 Å². The van der Waals surface area contributed by atoms with Crippen LogP contribution in [0.5, 0.6) is 0 Å². The fourth-order valence-corrected chi connectivity index (χ4v) is 1.21. The Morgan fingerprint density at radius 2 is 2.14 bits per heavy atom. The molecular formula is C11H8FN2. The number of benzene rings is 1. The van der Waals surface area contributed by atoms with Crippen molar-refractivity contribution in [1.29, 1.82) is 0 Å². The SMILES string of the molecule is Cc1ccc(-c2[c]nccn2)c(F)c1. The highest BCUT2D eigenvalue weighted by Gasteiger charge is 2.05. The van der Waals surface area contributed by atoms with Crippen molar-refractivity contribution in [2.75, 3.05) is 0 Å². The Morgan fingerprint density at radius 3 is 2.79 bits per heavy atom. The summed E-state index contributed by atoms with van der Waals surface area (Å²) >= 11 is 0. The van der Waals surface area contributed by atoms with Crippen LogP contribution >= 0.6 is 0 Å². The first kappa shape index (κ1) is 8.81. The molecule has 0 amide bonds. The molecule has 1 heterocycles. The molecule has 69 valence electrons. The Balaban J connectivity index is 2.53. The topological polar surface area (TPSA) is 25.8 Å². The maximum absolute atomic E-state index is 13.4. The summed E-state index contributed by atoms with van der Waals surface area (Å²) in [6.07, 6.45) is 5.67. The molecule has 2 aromatic rings. The van der Waals surface area contributed by atoms with E-state index in [9.17, 15) is 4.39 Å². The van der Waals surface area contributed by atoms with Crippen molar-refractivity contribution in [3.8, 4) is 11.3 Å². The highest BCUT2D eigenvalue weighted by atomic mass is 19.1. The van der Waals surface area contributed by atoms with Crippen LogP contribution in [0.4, 0.5) is 4.39 Å². The van der Waals surface area contributed by atoms with Gasteiger partial charge in [-0.2, -0.15) is 0 Å². The smallest absolute Gasteiger partial charge is 0.132 e. The lowest BCUT2D eigenvalue weighted by molar-refractivity contribution is 0.629. The second-order valence-electron chi connectivity index (χ2n) is 3.00. The van der Waals surface area contributed by atoms with E-state index in [0.717, 1.165) is 5.56 Å². The maximum atomic E-state index is 13.4. The summed E-state index contributed by atoms with van der Waals surface area (Å²) in [6, 6.07) is 4.99. The summed E-state index contributed by atoms with van der Waals surface area (Å²) in [7, 11) is 0. The molecule has 0 unspecified atom stereocenters. The van der Waals surface area contributed by atoms with E-state index in [1.165, 1.54) is 18.5 Å². The number of halogens is 1. The minimum Gasteiger partial charge on any atom is -0.252 e. The van der Waals surface area contributed by atoms with Gasteiger partial charge >= 0.3 is 0 Å². The molecule has 0 saturated carbocycles. The fourth-order valence-electron chi connectivity index (χ4n) is 1.21. The lowest BCUT2D eigenvalue weighted by atomic mass is 10.1. The van der Waals surface area contributed by atoms with Gasteiger partial charge in [-0.05, 0) is 24.6 Å².